The molecule has 36 heavy (non-hydrogen) atoms. The van der Waals surface area contributed by atoms with Crippen LogP contribution in [0.2, 0.25) is 0 Å². The van der Waals surface area contributed by atoms with Gasteiger partial charge in [0.05, 0.1) is 26.9 Å². The Morgan fingerprint density at radius 3 is 2.39 bits per heavy atom. The SMILES string of the molecule is COc1cc(OC)c(OC)cc1/C=C1\Oc2cc(OC(=O)c3cc4cc(Br)ccc4o3)ccc2C1=O. The maximum atomic E-state index is 12.9. The lowest BCUT2D eigenvalue weighted by Gasteiger charge is -2.12. The number of methoxy groups -OCH3 is 3. The highest BCUT2D eigenvalue weighted by Gasteiger charge is 2.29. The lowest BCUT2D eigenvalue weighted by Crippen LogP contribution is -2.07. The van der Waals surface area contributed by atoms with E-state index in [1.165, 1.54) is 33.5 Å². The van der Waals surface area contributed by atoms with Crippen LogP contribution in [0.3, 0.4) is 0 Å². The van der Waals surface area contributed by atoms with Crippen molar-refractivity contribution in [2.45, 2.75) is 0 Å². The van der Waals surface area contributed by atoms with Crippen LogP contribution in [-0.2, 0) is 0 Å². The highest BCUT2D eigenvalue weighted by atomic mass is 79.9. The van der Waals surface area contributed by atoms with Gasteiger partial charge in [-0.05, 0) is 48.5 Å². The van der Waals surface area contributed by atoms with Gasteiger partial charge in [-0.1, -0.05) is 15.9 Å². The summed E-state index contributed by atoms with van der Waals surface area (Å²) >= 11 is 3.39. The number of esters is 1. The van der Waals surface area contributed by atoms with Crippen molar-refractivity contribution in [3.8, 4) is 28.7 Å². The number of rotatable bonds is 6. The first kappa shape index (κ1) is 23.5. The number of Topliss-reactive ketones (excluding diaryl/α,β-unsaturated/α-hetero) is 1. The van der Waals surface area contributed by atoms with Gasteiger partial charge in [0, 0.05) is 27.6 Å². The van der Waals surface area contributed by atoms with Gasteiger partial charge in [0.15, 0.2) is 17.3 Å². The lowest BCUT2D eigenvalue weighted by molar-refractivity contribution is 0.0703. The second kappa shape index (κ2) is 9.43. The van der Waals surface area contributed by atoms with Gasteiger partial charge in [0.2, 0.25) is 11.5 Å². The molecule has 8 nitrogen and oxygen atoms in total. The fourth-order valence-corrected chi connectivity index (χ4v) is 4.19. The Bertz CT molecular complexity index is 1550. The van der Waals surface area contributed by atoms with E-state index >= 15 is 0 Å². The van der Waals surface area contributed by atoms with Gasteiger partial charge in [-0.25, -0.2) is 4.79 Å². The number of ether oxygens (including phenoxy) is 5. The van der Waals surface area contributed by atoms with Crippen LogP contribution in [0.15, 0.2) is 69.2 Å². The number of ketones is 1. The van der Waals surface area contributed by atoms with E-state index in [0.717, 1.165) is 9.86 Å². The predicted molar refractivity (Wildman–Crippen MR) is 134 cm³/mol. The number of hydrogen-bond acceptors (Lipinski definition) is 8. The average molecular weight is 551 g/mol. The van der Waals surface area contributed by atoms with Crippen molar-refractivity contribution >= 4 is 44.7 Å². The van der Waals surface area contributed by atoms with E-state index < -0.39 is 5.97 Å². The van der Waals surface area contributed by atoms with E-state index in [2.05, 4.69) is 15.9 Å². The molecular weight excluding hydrogens is 532 g/mol. The van der Waals surface area contributed by atoms with Gasteiger partial charge in [-0.2, -0.15) is 0 Å². The van der Waals surface area contributed by atoms with E-state index in [1.807, 2.05) is 12.1 Å². The summed E-state index contributed by atoms with van der Waals surface area (Å²) in [4.78, 5) is 25.6. The topological polar surface area (TPSA) is 93.4 Å². The number of carbonyl (C=O) groups is 2. The number of benzene rings is 3. The summed E-state index contributed by atoms with van der Waals surface area (Å²) in [5.41, 5.74) is 1.47. The van der Waals surface area contributed by atoms with Crippen LogP contribution in [0.5, 0.6) is 28.7 Å². The molecule has 0 aliphatic carbocycles. The molecule has 4 aromatic rings. The van der Waals surface area contributed by atoms with Crippen LogP contribution < -0.4 is 23.7 Å². The summed E-state index contributed by atoms with van der Waals surface area (Å²) in [6.07, 6.45) is 1.56. The summed E-state index contributed by atoms with van der Waals surface area (Å²) in [5.74, 6) is 1.06. The molecule has 182 valence electrons. The fourth-order valence-electron chi connectivity index (χ4n) is 3.81. The van der Waals surface area contributed by atoms with Gasteiger partial charge < -0.3 is 28.1 Å². The first-order chi connectivity index (χ1) is 17.4. The standard InChI is InChI=1S/C27H19BrO8/c1-31-20-13-23(33-3)22(32-2)9-15(20)10-24-26(29)18-6-5-17(12-21(18)36-24)34-27(30)25-11-14-8-16(28)4-7-19(14)35-25/h4-13H,1-3H3/b24-10-. The van der Waals surface area contributed by atoms with Crippen molar-refractivity contribution in [1.82, 2.24) is 0 Å². The third kappa shape index (κ3) is 4.29. The van der Waals surface area contributed by atoms with Crippen molar-refractivity contribution in [2.24, 2.45) is 0 Å². The van der Waals surface area contributed by atoms with Crippen LogP contribution >= 0.6 is 15.9 Å². The van der Waals surface area contributed by atoms with Crippen LogP contribution in [0.4, 0.5) is 0 Å². The molecule has 0 spiro atoms. The molecule has 0 atom stereocenters. The van der Waals surface area contributed by atoms with E-state index in [1.54, 1.807) is 36.4 Å². The molecule has 0 N–H and O–H groups in total. The summed E-state index contributed by atoms with van der Waals surface area (Å²) < 4.78 is 33.8. The maximum absolute atomic E-state index is 12.9. The molecule has 0 saturated heterocycles. The first-order valence-electron chi connectivity index (χ1n) is 10.7. The lowest BCUT2D eigenvalue weighted by atomic mass is 10.1. The minimum Gasteiger partial charge on any atom is -0.496 e. The summed E-state index contributed by atoms with van der Waals surface area (Å²) in [5, 5.41) is 0.763. The first-order valence-corrected chi connectivity index (χ1v) is 11.5. The van der Waals surface area contributed by atoms with Crippen molar-refractivity contribution in [3.05, 3.63) is 81.7 Å². The molecule has 9 heteroatoms. The molecule has 1 aromatic heterocycles. The average Bonchev–Trinajstić information content (AvgIpc) is 3.44. The second-order valence-electron chi connectivity index (χ2n) is 7.73. The van der Waals surface area contributed by atoms with Crippen molar-refractivity contribution in [2.75, 3.05) is 21.3 Å². The molecule has 5 rings (SSSR count). The van der Waals surface area contributed by atoms with Crippen LogP contribution in [0.1, 0.15) is 26.5 Å². The zero-order valence-electron chi connectivity index (χ0n) is 19.4. The fraction of sp³-hybridized carbons (Fsp3) is 0.111. The predicted octanol–water partition coefficient (Wildman–Crippen LogP) is 6.06. The van der Waals surface area contributed by atoms with E-state index in [4.69, 9.17) is 28.1 Å². The molecular formula is C27H19BrO8. The van der Waals surface area contributed by atoms with Crippen molar-refractivity contribution < 1.29 is 37.7 Å². The molecule has 0 fully saturated rings. The number of halogens is 1. The van der Waals surface area contributed by atoms with E-state index in [-0.39, 0.29) is 28.8 Å². The Hall–Kier alpha value is -4.24. The number of furan rings is 1. The molecule has 0 amide bonds. The largest absolute Gasteiger partial charge is 0.496 e. The Kier molecular flexibility index (Phi) is 6.15. The molecule has 0 bridgehead atoms. The minimum absolute atomic E-state index is 0.0572. The van der Waals surface area contributed by atoms with Crippen LogP contribution in [0.25, 0.3) is 17.0 Å². The highest BCUT2D eigenvalue weighted by molar-refractivity contribution is 9.10. The third-order valence-electron chi connectivity index (χ3n) is 5.55. The zero-order chi connectivity index (χ0) is 25.4. The number of hydrogen-bond donors (Lipinski definition) is 0. The van der Waals surface area contributed by atoms with Crippen LogP contribution in [-0.4, -0.2) is 33.1 Å². The summed E-state index contributed by atoms with van der Waals surface area (Å²) in [6, 6.07) is 14.9. The monoisotopic (exact) mass is 550 g/mol. The van der Waals surface area contributed by atoms with Gasteiger partial charge in [-0.15, -0.1) is 0 Å². The van der Waals surface area contributed by atoms with Crippen molar-refractivity contribution in [3.63, 3.8) is 0 Å². The second-order valence-corrected chi connectivity index (χ2v) is 8.64. The number of carbonyl (C=O) groups excluding carboxylic acids is 2. The molecule has 0 unspecified atom stereocenters. The molecule has 0 saturated carbocycles. The Labute approximate surface area is 214 Å². The highest BCUT2D eigenvalue weighted by Crippen LogP contribution is 2.39. The Morgan fingerprint density at radius 1 is 0.889 bits per heavy atom. The van der Waals surface area contributed by atoms with Crippen molar-refractivity contribution in [1.29, 1.82) is 0 Å². The summed E-state index contributed by atoms with van der Waals surface area (Å²) in [7, 11) is 4.55. The van der Waals surface area contributed by atoms with Gasteiger partial charge in [-0.3, -0.25) is 4.79 Å². The molecule has 1 aliphatic rings. The third-order valence-corrected chi connectivity index (χ3v) is 6.05. The molecule has 1 aliphatic heterocycles. The van der Waals surface area contributed by atoms with E-state index in [9.17, 15) is 9.59 Å². The van der Waals surface area contributed by atoms with Crippen LogP contribution in [0, 0.1) is 0 Å². The summed E-state index contributed by atoms with van der Waals surface area (Å²) in [6.45, 7) is 0. The normalized spacial score (nSPS) is 13.4. The smallest absolute Gasteiger partial charge is 0.379 e. The Morgan fingerprint density at radius 2 is 1.64 bits per heavy atom. The quantitative estimate of drug-likeness (QED) is 0.162. The van der Waals surface area contributed by atoms with Gasteiger partial charge >= 0.3 is 5.97 Å². The number of allylic oxidation sites excluding steroid dienone is 1. The molecule has 0 radical (unpaired) electrons. The Balaban J connectivity index is 1.39. The molecule has 3 aromatic carbocycles. The number of fused-ring (bicyclic) bond motifs is 2. The minimum atomic E-state index is -0.669. The van der Waals surface area contributed by atoms with Gasteiger partial charge in [0.1, 0.15) is 22.8 Å². The maximum Gasteiger partial charge on any atom is 0.379 e. The zero-order valence-corrected chi connectivity index (χ0v) is 21.0. The molecule has 2 heterocycles. The van der Waals surface area contributed by atoms with E-state index in [0.29, 0.717) is 34.0 Å². The van der Waals surface area contributed by atoms with Gasteiger partial charge in [0.25, 0.3) is 0 Å².